The fourth-order valence-electron chi connectivity index (χ4n) is 1.43. The number of benzene rings is 1. The largest absolute Gasteiger partial charge is 0.497 e. The van der Waals surface area contributed by atoms with E-state index >= 15 is 0 Å². The highest BCUT2D eigenvalue weighted by molar-refractivity contribution is 5.26. The minimum atomic E-state index is 0.497. The summed E-state index contributed by atoms with van der Waals surface area (Å²) in [5, 5.41) is 2.27. The molecule has 0 saturated carbocycles. The Bertz CT molecular complexity index is 271. The maximum absolute atomic E-state index is 5.10. The molecule has 1 aromatic carbocycles. The Hall–Kier alpha value is -1.06. The van der Waals surface area contributed by atoms with Crippen LogP contribution in [0.5, 0.6) is 5.75 Å². The molecule has 0 unspecified atom stereocenters. The summed E-state index contributed by atoms with van der Waals surface area (Å²) < 4.78 is 10.2. The number of ether oxygens (including phenoxy) is 2. The van der Waals surface area contributed by atoms with Crippen LogP contribution in [-0.2, 0) is 11.3 Å². The topological polar surface area (TPSA) is 35.1 Å². The minimum absolute atomic E-state index is 0.497. The number of methoxy groups -OCH3 is 2. The van der Waals surface area contributed by atoms with Crippen molar-refractivity contribution in [1.29, 1.82) is 0 Å². The monoisotopic (exact) mass is 210 g/mol. The molecule has 0 spiro atoms. The van der Waals surface area contributed by atoms with Gasteiger partial charge in [-0.3, -0.25) is 0 Å². The lowest BCUT2D eigenvalue weighted by Gasteiger charge is -2.09. The van der Waals surface area contributed by atoms with Crippen molar-refractivity contribution in [2.45, 2.75) is 19.5 Å². The second-order valence-corrected chi connectivity index (χ2v) is 3.72. The predicted octanol–water partition coefficient (Wildman–Crippen LogP) is 0.794. The van der Waals surface area contributed by atoms with Gasteiger partial charge in [0.25, 0.3) is 0 Å². The molecule has 1 rings (SSSR count). The molecule has 84 valence electrons. The lowest BCUT2D eigenvalue weighted by Crippen LogP contribution is -2.88. The van der Waals surface area contributed by atoms with Crippen LogP contribution in [0, 0.1) is 0 Å². The van der Waals surface area contributed by atoms with E-state index in [1.807, 2.05) is 12.1 Å². The van der Waals surface area contributed by atoms with Crippen LogP contribution >= 0.6 is 0 Å². The Balaban J connectivity index is 2.37. The Morgan fingerprint density at radius 2 is 1.87 bits per heavy atom. The minimum Gasteiger partial charge on any atom is -0.497 e. The predicted molar refractivity (Wildman–Crippen MR) is 60.0 cm³/mol. The molecule has 0 saturated heterocycles. The summed E-state index contributed by atoms with van der Waals surface area (Å²) in [6.45, 7) is 3.93. The summed E-state index contributed by atoms with van der Waals surface area (Å²) in [6, 6.07) is 8.66. The summed E-state index contributed by atoms with van der Waals surface area (Å²) in [5.41, 5.74) is 1.30. The highest BCUT2D eigenvalue weighted by Crippen LogP contribution is 2.10. The molecular formula is C12H20NO2+. The third-order valence-corrected chi connectivity index (χ3v) is 2.34. The quantitative estimate of drug-likeness (QED) is 0.753. The van der Waals surface area contributed by atoms with E-state index in [1.165, 1.54) is 5.56 Å². The van der Waals surface area contributed by atoms with Gasteiger partial charge in [0.15, 0.2) is 0 Å². The first-order chi connectivity index (χ1) is 7.26. The molecule has 0 aliphatic carbocycles. The smallest absolute Gasteiger partial charge is 0.118 e. The third kappa shape index (κ3) is 4.32. The Kier molecular flexibility index (Phi) is 5.15. The molecule has 0 heterocycles. The number of hydrogen-bond acceptors (Lipinski definition) is 2. The van der Waals surface area contributed by atoms with Crippen molar-refractivity contribution in [3.63, 3.8) is 0 Å². The second-order valence-electron chi connectivity index (χ2n) is 3.72. The number of quaternary nitrogens is 1. The van der Waals surface area contributed by atoms with Gasteiger partial charge in [0.1, 0.15) is 18.3 Å². The zero-order valence-electron chi connectivity index (χ0n) is 9.69. The molecule has 0 aromatic heterocycles. The van der Waals surface area contributed by atoms with E-state index in [1.54, 1.807) is 14.2 Å². The normalized spacial score (nSPS) is 12.5. The molecule has 0 radical (unpaired) electrons. The number of nitrogens with two attached hydrogens (primary N) is 1. The average Bonchev–Trinajstić information content (AvgIpc) is 2.27. The summed E-state index contributed by atoms with van der Waals surface area (Å²) in [7, 11) is 3.42. The second kappa shape index (κ2) is 6.43. The molecule has 3 nitrogen and oxygen atoms in total. The molecule has 3 heteroatoms. The van der Waals surface area contributed by atoms with Gasteiger partial charge in [0, 0.05) is 12.7 Å². The van der Waals surface area contributed by atoms with Gasteiger partial charge in [-0.05, 0) is 31.2 Å². The van der Waals surface area contributed by atoms with E-state index in [0.29, 0.717) is 6.04 Å². The molecule has 0 aliphatic rings. The first-order valence-electron chi connectivity index (χ1n) is 5.21. The van der Waals surface area contributed by atoms with E-state index in [-0.39, 0.29) is 0 Å². The van der Waals surface area contributed by atoms with Gasteiger partial charge in [-0.1, -0.05) is 0 Å². The fraction of sp³-hybridized carbons (Fsp3) is 0.500. The zero-order valence-corrected chi connectivity index (χ0v) is 9.69. The van der Waals surface area contributed by atoms with Crippen molar-refractivity contribution in [2.75, 3.05) is 20.8 Å². The van der Waals surface area contributed by atoms with Gasteiger partial charge in [-0.2, -0.15) is 0 Å². The zero-order chi connectivity index (χ0) is 11.1. The molecule has 0 amide bonds. The summed E-state index contributed by atoms with van der Waals surface area (Å²) in [4.78, 5) is 0. The molecule has 15 heavy (non-hydrogen) atoms. The van der Waals surface area contributed by atoms with E-state index in [2.05, 4.69) is 24.4 Å². The van der Waals surface area contributed by atoms with Crippen molar-refractivity contribution < 1.29 is 14.8 Å². The van der Waals surface area contributed by atoms with Crippen LogP contribution in [0.3, 0.4) is 0 Å². The van der Waals surface area contributed by atoms with Gasteiger partial charge < -0.3 is 14.8 Å². The summed E-state index contributed by atoms with van der Waals surface area (Å²) in [5.74, 6) is 0.906. The Labute approximate surface area is 91.4 Å². The van der Waals surface area contributed by atoms with E-state index in [0.717, 1.165) is 18.9 Å². The van der Waals surface area contributed by atoms with E-state index in [4.69, 9.17) is 9.47 Å². The molecule has 2 N–H and O–H groups in total. The SMILES string of the molecule is COC[C@H](C)[NH2+]Cc1ccc(OC)cc1. The van der Waals surface area contributed by atoms with Crippen LogP contribution in [0.2, 0.25) is 0 Å². The summed E-state index contributed by atoms with van der Waals surface area (Å²) >= 11 is 0. The van der Waals surface area contributed by atoms with Crippen molar-refractivity contribution in [1.82, 2.24) is 0 Å². The Morgan fingerprint density at radius 1 is 1.20 bits per heavy atom. The lowest BCUT2D eigenvalue weighted by molar-refractivity contribution is -0.702. The van der Waals surface area contributed by atoms with Crippen LogP contribution < -0.4 is 10.1 Å². The standard InChI is InChI=1S/C12H19NO2/c1-10(9-14-2)13-8-11-4-6-12(15-3)7-5-11/h4-7,10,13H,8-9H2,1-3H3/p+1/t10-/m0/s1. The third-order valence-electron chi connectivity index (χ3n) is 2.34. The fourth-order valence-corrected chi connectivity index (χ4v) is 1.43. The van der Waals surface area contributed by atoms with Crippen molar-refractivity contribution in [3.8, 4) is 5.75 Å². The molecule has 1 atom stereocenters. The molecular weight excluding hydrogens is 190 g/mol. The Morgan fingerprint density at radius 3 is 2.40 bits per heavy atom. The first-order valence-corrected chi connectivity index (χ1v) is 5.21. The van der Waals surface area contributed by atoms with Crippen LogP contribution in [0.1, 0.15) is 12.5 Å². The highest BCUT2D eigenvalue weighted by atomic mass is 16.5. The molecule has 1 aromatic rings. The van der Waals surface area contributed by atoms with Crippen molar-refractivity contribution >= 4 is 0 Å². The molecule has 0 aliphatic heterocycles. The maximum Gasteiger partial charge on any atom is 0.118 e. The van der Waals surface area contributed by atoms with Crippen LogP contribution in [0.25, 0.3) is 0 Å². The maximum atomic E-state index is 5.10. The van der Waals surface area contributed by atoms with Gasteiger partial charge in [-0.25, -0.2) is 0 Å². The molecule has 0 fully saturated rings. The van der Waals surface area contributed by atoms with Crippen LogP contribution in [0.15, 0.2) is 24.3 Å². The van der Waals surface area contributed by atoms with Gasteiger partial charge >= 0.3 is 0 Å². The number of hydrogen-bond donors (Lipinski definition) is 1. The molecule has 0 bridgehead atoms. The average molecular weight is 210 g/mol. The first kappa shape index (κ1) is 12.0. The number of rotatable bonds is 6. The highest BCUT2D eigenvalue weighted by Gasteiger charge is 2.04. The van der Waals surface area contributed by atoms with Gasteiger partial charge in [-0.15, -0.1) is 0 Å². The van der Waals surface area contributed by atoms with Gasteiger partial charge in [0.2, 0.25) is 0 Å². The summed E-state index contributed by atoms with van der Waals surface area (Å²) in [6.07, 6.45) is 0. The van der Waals surface area contributed by atoms with E-state index in [9.17, 15) is 0 Å². The van der Waals surface area contributed by atoms with E-state index < -0.39 is 0 Å². The van der Waals surface area contributed by atoms with Crippen molar-refractivity contribution in [2.24, 2.45) is 0 Å². The lowest BCUT2D eigenvalue weighted by atomic mass is 10.2. The van der Waals surface area contributed by atoms with Gasteiger partial charge in [0.05, 0.1) is 13.7 Å². The van der Waals surface area contributed by atoms with Crippen LogP contribution in [-0.4, -0.2) is 26.9 Å². The van der Waals surface area contributed by atoms with Crippen LogP contribution in [0.4, 0.5) is 0 Å². The van der Waals surface area contributed by atoms with Crippen molar-refractivity contribution in [3.05, 3.63) is 29.8 Å².